The van der Waals surface area contributed by atoms with Crippen molar-refractivity contribution in [2.75, 3.05) is 12.3 Å². The summed E-state index contributed by atoms with van der Waals surface area (Å²) in [6.45, 7) is 1.79. The minimum Gasteiger partial charge on any atom is -0.494 e. The summed E-state index contributed by atoms with van der Waals surface area (Å²) in [4.78, 5) is 4.01. The van der Waals surface area contributed by atoms with E-state index in [2.05, 4.69) is 9.55 Å². The summed E-state index contributed by atoms with van der Waals surface area (Å²) in [5.41, 5.74) is 6.37. The first-order chi connectivity index (χ1) is 8.84. The summed E-state index contributed by atoms with van der Waals surface area (Å²) < 4.78 is 7.72. The van der Waals surface area contributed by atoms with Gasteiger partial charge in [-0.3, -0.25) is 0 Å². The molecule has 0 saturated carbocycles. The van der Waals surface area contributed by atoms with Gasteiger partial charge in [-0.25, -0.2) is 4.98 Å². The zero-order valence-corrected chi connectivity index (χ0v) is 10.5. The van der Waals surface area contributed by atoms with E-state index in [1.165, 1.54) is 0 Å². The molecule has 0 saturated heterocycles. The van der Waals surface area contributed by atoms with Crippen LogP contribution >= 0.6 is 0 Å². The molecule has 96 valence electrons. The van der Waals surface area contributed by atoms with Crippen molar-refractivity contribution in [1.82, 2.24) is 9.55 Å². The molecule has 1 aromatic carbocycles. The number of nitrogens with zero attached hydrogens (tertiary/aromatic N) is 2. The van der Waals surface area contributed by atoms with Gasteiger partial charge in [0.25, 0.3) is 0 Å². The van der Waals surface area contributed by atoms with Gasteiger partial charge in [0.1, 0.15) is 5.75 Å². The summed E-state index contributed by atoms with van der Waals surface area (Å²) in [6, 6.07) is 7.52. The average Bonchev–Trinajstić information content (AvgIpc) is 2.89. The fraction of sp³-hybridized carbons (Fsp3) is 0.357. The maximum Gasteiger partial charge on any atom is 0.119 e. The molecule has 18 heavy (non-hydrogen) atoms. The zero-order valence-electron chi connectivity index (χ0n) is 10.5. The number of aryl methyl sites for hydroxylation is 1. The number of anilines is 1. The Bertz CT molecular complexity index is 437. The van der Waals surface area contributed by atoms with E-state index in [9.17, 15) is 0 Å². The highest BCUT2D eigenvalue weighted by molar-refractivity contribution is 5.41. The lowest BCUT2D eigenvalue weighted by Crippen LogP contribution is -1.99. The van der Waals surface area contributed by atoms with Gasteiger partial charge in [-0.05, 0) is 43.5 Å². The second-order valence-electron chi connectivity index (χ2n) is 4.28. The Morgan fingerprint density at radius 3 is 2.67 bits per heavy atom. The van der Waals surface area contributed by atoms with Crippen LogP contribution < -0.4 is 10.5 Å². The molecule has 0 aliphatic carbocycles. The van der Waals surface area contributed by atoms with E-state index in [4.69, 9.17) is 10.5 Å². The molecule has 1 heterocycles. The average molecular weight is 245 g/mol. The van der Waals surface area contributed by atoms with Crippen molar-refractivity contribution < 1.29 is 4.74 Å². The van der Waals surface area contributed by atoms with Crippen molar-refractivity contribution in [2.24, 2.45) is 0 Å². The molecule has 0 unspecified atom stereocenters. The Morgan fingerprint density at radius 1 is 1.11 bits per heavy atom. The first kappa shape index (κ1) is 12.5. The Morgan fingerprint density at radius 2 is 1.94 bits per heavy atom. The number of hydrogen-bond acceptors (Lipinski definition) is 3. The predicted molar refractivity (Wildman–Crippen MR) is 72.4 cm³/mol. The van der Waals surface area contributed by atoms with Crippen molar-refractivity contribution in [1.29, 1.82) is 0 Å². The lowest BCUT2D eigenvalue weighted by Gasteiger charge is -2.06. The summed E-state index contributed by atoms with van der Waals surface area (Å²) in [5.74, 6) is 0.888. The van der Waals surface area contributed by atoms with Crippen LogP contribution in [0.15, 0.2) is 43.0 Å². The lowest BCUT2D eigenvalue weighted by molar-refractivity contribution is 0.304. The highest BCUT2D eigenvalue weighted by atomic mass is 16.5. The highest BCUT2D eigenvalue weighted by Gasteiger charge is 1.95. The number of aromatic nitrogens is 2. The Hall–Kier alpha value is -1.97. The van der Waals surface area contributed by atoms with Crippen molar-refractivity contribution in [3.05, 3.63) is 43.0 Å². The van der Waals surface area contributed by atoms with E-state index < -0.39 is 0 Å². The van der Waals surface area contributed by atoms with E-state index in [1.54, 1.807) is 0 Å². The number of nitrogen functional groups attached to an aromatic ring is 1. The quantitative estimate of drug-likeness (QED) is 0.602. The van der Waals surface area contributed by atoms with Crippen LogP contribution in [0.5, 0.6) is 5.75 Å². The minimum absolute atomic E-state index is 0.758. The Balaban J connectivity index is 1.55. The van der Waals surface area contributed by atoms with Gasteiger partial charge in [0.15, 0.2) is 0 Å². The number of benzene rings is 1. The normalized spacial score (nSPS) is 10.4. The number of ether oxygens (including phenoxy) is 1. The molecule has 0 amide bonds. The molecule has 0 spiro atoms. The summed E-state index contributed by atoms with van der Waals surface area (Å²) >= 11 is 0. The minimum atomic E-state index is 0.758. The molecule has 2 aromatic rings. The maximum atomic E-state index is 5.62. The first-order valence-corrected chi connectivity index (χ1v) is 6.29. The molecule has 2 N–H and O–H groups in total. The molecule has 1 aromatic heterocycles. The van der Waals surface area contributed by atoms with Gasteiger partial charge in [0.2, 0.25) is 0 Å². The van der Waals surface area contributed by atoms with Crippen molar-refractivity contribution in [2.45, 2.75) is 25.8 Å². The third kappa shape index (κ3) is 4.13. The van der Waals surface area contributed by atoms with E-state index in [1.807, 2.05) is 43.0 Å². The summed E-state index contributed by atoms with van der Waals surface area (Å²) in [5, 5.41) is 0. The molecule has 0 aliphatic rings. The topological polar surface area (TPSA) is 53.1 Å². The van der Waals surface area contributed by atoms with Crippen LogP contribution in [0.1, 0.15) is 19.3 Å². The smallest absolute Gasteiger partial charge is 0.119 e. The van der Waals surface area contributed by atoms with Crippen molar-refractivity contribution in [3.63, 3.8) is 0 Å². The number of hydrogen-bond donors (Lipinski definition) is 1. The summed E-state index contributed by atoms with van der Waals surface area (Å²) in [6.07, 6.45) is 9.04. The number of unbranched alkanes of at least 4 members (excludes halogenated alkanes) is 2. The van der Waals surface area contributed by atoms with Crippen LogP contribution in [0.25, 0.3) is 0 Å². The third-order valence-corrected chi connectivity index (χ3v) is 2.77. The van der Waals surface area contributed by atoms with Crippen LogP contribution in [-0.2, 0) is 6.54 Å². The van der Waals surface area contributed by atoms with E-state index >= 15 is 0 Å². The molecular formula is C14H19N3O. The molecule has 2 rings (SSSR count). The van der Waals surface area contributed by atoms with Crippen molar-refractivity contribution in [3.8, 4) is 5.75 Å². The SMILES string of the molecule is Nc1ccc(OCCCCCn2ccnc2)cc1. The predicted octanol–water partition coefficient (Wildman–Crippen LogP) is 2.71. The summed E-state index contributed by atoms with van der Waals surface area (Å²) in [7, 11) is 0. The zero-order chi connectivity index (χ0) is 12.6. The number of imidazole rings is 1. The van der Waals surface area contributed by atoms with E-state index in [0.717, 1.165) is 43.9 Å². The van der Waals surface area contributed by atoms with Gasteiger partial charge in [-0.1, -0.05) is 0 Å². The molecule has 0 radical (unpaired) electrons. The lowest BCUT2D eigenvalue weighted by atomic mass is 10.2. The number of rotatable bonds is 7. The maximum absolute atomic E-state index is 5.62. The molecule has 4 nitrogen and oxygen atoms in total. The fourth-order valence-corrected chi connectivity index (χ4v) is 1.75. The van der Waals surface area contributed by atoms with Gasteiger partial charge in [0, 0.05) is 24.6 Å². The van der Waals surface area contributed by atoms with E-state index in [0.29, 0.717) is 0 Å². The largest absolute Gasteiger partial charge is 0.494 e. The molecular weight excluding hydrogens is 226 g/mol. The second-order valence-corrected chi connectivity index (χ2v) is 4.28. The van der Waals surface area contributed by atoms with Crippen LogP contribution in [-0.4, -0.2) is 16.2 Å². The molecule has 0 bridgehead atoms. The van der Waals surface area contributed by atoms with Crippen LogP contribution in [0, 0.1) is 0 Å². The van der Waals surface area contributed by atoms with Gasteiger partial charge < -0.3 is 15.0 Å². The van der Waals surface area contributed by atoms with Gasteiger partial charge in [-0.2, -0.15) is 0 Å². The third-order valence-electron chi connectivity index (χ3n) is 2.77. The fourth-order valence-electron chi connectivity index (χ4n) is 1.75. The van der Waals surface area contributed by atoms with Crippen LogP contribution in [0.4, 0.5) is 5.69 Å². The standard InChI is InChI=1S/C14H19N3O/c15-13-4-6-14(7-5-13)18-11-3-1-2-9-17-10-8-16-12-17/h4-8,10,12H,1-3,9,11,15H2. The number of nitrogens with two attached hydrogens (primary N) is 1. The highest BCUT2D eigenvalue weighted by Crippen LogP contribution is 2.13. The Kier molecular flexibility index (Phi) is 4.64. The monoisotopic (exact) mass is 245 g/mol. The van der Waals surface area contributed by atoms with Gasteiger partial charge in [0.05, 0.1) is 12.9 Å². The van der Waals surface area contributed by atoms with E-state index in [-0.39, 0.29) is 0 Å². The van der Waals surface area contributed by atoms with Gasteiger partial charge >= 0.3 is 0 Å². The molecule has 0 atom stereocenters. The molecule has 0 fully saturated rings. The van der Waals surface area contributed by atoms with Gasteiger partial charge in [-0.15, -0.1) is 0 Å². The molecule has 0 aliphatic heterocycles. The Labute approximate surface area is 107 Å². The first-order valence-electron chi connectivity index (χ1n) is 6.29. The molecule has 4 heteroatoms. The second kappa shape index (κ2) is 6.69. The van der Waals surface area contributed by atoms with Crippen molar-refractivity contribution >= 4 is 5.69 Å². The van der Waals surface area contributed by atoms with Crippen LogP contribution in [0.2, 0.25) is 0 Å². The van der Waals surface area contributed by atoms with Crippen LogP contribution in [0.3, 0.4) is 0 Å².